The van der Waals surface area contributed by atoms with E-state index >= 15 is 0 Å². The zero-order chi connectivity index (χ0) is 18.7. The van der Waals surface area contributed by atoms with E-state index in [1.165, 1.54) is 0 Å². The Hall–Kier alpha value is -2.90. The number of amides is 2. The molecule has 2 N–H and O–H groups in total. The van der Waals surface area contributed by atoms with E-state index in [2.05, 4.69) is 20.7 Å². The van der Waals surface area contributed by atoms with Crippen molar-refractivity contribution in [2.45, 2.75) is 39.2 Å². The lowest BCUT2D eigenvalue weighted by atomic mass is 9.89. The minimum absolute atomic E-state index is 0.132. The number of aryl methyl sites for hydroxylation is 3. The number of anilines is 1. The molecule has 2 heterocycles. The number of hydrogen-bond donors (Lipinski definition) is 2. The maximum atomic E-state index is 12.6. The van der Waals surface area contributed by atoms with Crippen LogP contribution in [0.4, 0.5) is 5.69 Å². The number of carbonyl (C=O) groups excluding carboxylic acids is 2. The maximum absolute atomic E-state index is 12.6. The van der Waals surface area contributed by atoms with Crippen LogP contribution in [0.1, 0.15) is 36.0 Å². The van der Waals surface area contributed by atoms with Crippen LogP contribution in [0, 0.1) is 13.8 Å². The first-order valence-electron chi connectivity index (χ1n) is 8.61. The summed E-state index contributed by atoms with van der Waals surface area (Å²) in [5, 5.41) is 10.0. The van der Waals surface area contributed by atoms with Gasteiger partial charge in [-0.2, -0.15) is 5.10 Å². The highest BCUT2D eigenvalue weighted by Gasteiger charge is 2.30. The van der Waals surface area contributed by atoms with Gasteiger partial charge in [-0.15, -0.1) is 0 Å². The zero-order valence-electron chi connectivity index (χ0n) is 15.2. The van der Waals surface area contributed by atoms with Crippen molar-refractivity contribution in [2.75, 3.05) is 19.0 Å². The summed E-state index contributed by atoms with van der Waals surface area (Å²) >= 11 is 0. The lowest BCUT2D eigenvalue weighted by molar-refractivity contribution is -0.126. The topological polar surface area (TPSA) is 98.1 Å². The first-order valence-corrected chi connectivity index (χ1v) is 8.61. The van der Waals surface area contributed by atoms with E-state index < -0.39 is 5.92 Å². The van der Waals surface area contributed by atoms with Crippen molar-refractivity contribution in [1.82, 2.24) is 20.1 Å². The molecule has 26 heavy (non-hydrogen) atoms. The Morgan fingerprint density at radius 3 is 2.92 bits per heavy atom. The fourth-order valence-electron chi connectivity index (χ4n) is 3.14. The van der Waals surface area contributed by atoms with Crippen molar-refractivity contribution in [3.05, 3.63) is 35.4 Å². The van der Waals surface area contributed by atoms with Crippen LogP contribution in [0.2, 0.25) is 0 Å². The number of ether oxygens (including phenoxy) is 1. The summed E-state index contributed by atoms with van der Waals surface area (Å²) in [4.78, 5) is 28.8. The fourth-order valence-corrected chi connectivity index (χ4v) is 3.14. The molecule has 8 heteroatoms. The van der Waals surface area contributed by atoms with Gasteiger partial charge in [-0.1, -0.05) is 0 Å². The molecule has 0 aliphatic carbocycles. The Kier molecular flexibility index (Phi) is 5.20. The molecule has 1 aliphatic heterocycles. The van der Waals surface area contributed by atoms with Crippen LogP contribution in [0.25, 0.3) is 0 Å². The molecule has 0 spiro atoms. The molecular formula is C18H23N5O3. The van der Waals surface area contributed by atoms with Crippen LogP contribution in [0.5, 0.6) is 5.75 Å². The normalized spacial score (nSPS) is 16.0. The van der Waals surface area contributed by atoms with Crippen LogP contribution < -0.4 is 15.4 Å². The fraction of sp³-hybridized carbons (Fsp3) is 0.444. The number of methoxy groups -OCH3 is 1. The molecule has 0 saturated carbocycles. The van der Waals surface area contributed by atoms with Gasteiger partial charge in [0.25, 0.3) is 0 Å². The summed E-state index contributed by atoms with van der Waals surface area (Å²) in [5.41, 5.74) is 1.44. The summed E-state index contributed by atoms with van der Waals surface area (Å²) in [6, 6.07) is 5.34. The Balaban J connectivity index is 1.61. The Bertz CT molecular complexity index is 830. The van der Waals surface area contributed by atoms with Crippen molar-refractivity contribution in [2.24, 2.45) is 0 Å². The van der Waals surface area contributed by atoms with Crippen molar-refractivity contribution < 1.29 is 14.3 Å². The Labute approximate surface area is 151 Å². The van der Waals surface area contributed by atoms with Crippen molar-refractivity contribution in [3.63, 3.8) is 0 Å². The highest BCUT2D eigenvalue weighted by Crippen LogP contribution is 2.34. The number of nitrogens with one attached hydrogen (secondary N) is 2. The van der Waals surface area contributed by atoms with Gasteiger partial charge >= 0.3 is 0 Å². The second-order valence-electron chi connectivity index (χ2n) is 6.33. The molecule has 1 aromatic heterocycles. The van der Waals surface area contributed by atoms with Gasteiger partial charge in [-0.25, -0.2) is 4.98 Å². The number of aromatic nitrogens is 3. The first-order chi connectivity index (χ1) is 12.5. The summed E-state index contributed by atoms with van der Waals surface area (Å²) < 4.78 is 7.06. The van der Waals surface area contributed by atoms with Gasteiger partial charge in [0, 0.05) is 25.2 Å². The summed E-state index contributed by atoms with van der Waals surface area (Å²) in [5.74, 6) is 1.44. The molecule has 2 aromatic rings. The lowest BCUT2D eigenvalue weighted by Gasteiger charge is -2.25. The van der Waals surface area contributed by atoms with Crippen LogP contribution >= 0.6 is 0 Å². The number of rotatable bonds is 6. The molecule has 0 fully saturated rings. The van der Waals surface area contributed by atoms with Crippen molar-refractivity contribution in [3.8, 4) is 5.75 Å². The zero-order valence-corrected chi connectivity index (χ0v) is 15.2. The van der Waals surface area contributed by atoms with Crippen LogP contribution in [0.15, 0.2) is 18.2 Å². The molecule has 1 aromatic carbocycles. The summed E-state index contributed by atoms with van der Waals surface area (Å²) in [7, 11) is 1.58. The molecule has 8 nitrogen and oxygen atoms in total. The molecule has 1 aliphatic rings. The van der Waals surface area contributed by atoms with Gasteiger partial charge in [-0.05, 0) is 44.0 Å². The first kappa shape index (κ1) is 17.9. The van der Waals surface area contributed by atoms with Crippen LogP contribution in [0.3, 0.4) is 0 Å². The molecule has 0 unspecified atom stereocenters. The van der Waals surface area contributed by atoms with Crippen molar-refractivity contribution >= 4 is 17.5 Å². The number of hydrogen-bond acceptors (Lipinski definition) is 5. The number of nitrogens with zero attached hydrogens (tertiary/aromatic N) is 3. The second-order valence-corrected chi connectivity index (χ2v) is 6.33. The molecule has 3 rings (SSSR count). The van der Waals surface area contributed by atoms with Crippen LogP contribution in [-0.2, 0) is 16.1 Å². The number of benzene rings is 1. The molecule has 1 atom stereocenters. The van der Waals surface area contributed by atoms with Gasteiger partial charge in [-0.3, -0.25) is 14.3 Å². The van der Waals surface area contributed by atoms with E-state index in [4.69, 9.17) is 4.74 Å². The molecule has 138 valence electrons. The van der Waals surface area contributed by atoms with E-state index in [1.54, 1.807) is 25.3 Å². The standard InChI is InChI=1S/C18H23N5O3/c1-11-20-12(2)23(22-11)8-4-7-19-18(25)15-10-17(24)21-16-6-5-13(26-3)9-14(15)16/h5-6,9,15H,4,7-8,10H2,1-3H3,(H,19,25)(H,21,24)/t15-/m0/s1. The predicted octanol–water partition coefficient (Wildman–Crippen LogP) is 1.54. The third-order valence-electron chi connectivity index (χ3n) is 4.42. The third kappa shape index (κ3) is 3.84. The molecular weight excluding hydrogens is 334 g/mol. The largest absolute Gasteiger partial charge is 0.497 e. The van der Waals surface area contributed by atoms with Gasteiger partial charge in [0.1, 0.15) is 17.4 Å². The van der Waals surface area contributed by atoms with E-state index in [0.29, 0.717) is 24.5 Å². The van der Waals surface area contributed by atoms with Gasteiger partial charge in [0.15, 0.2) is 0 Å². The van der Waals surface area contributed by atoms with E-state index in [0.717, 1.165) is 23.6 Å². The predicted molar refractivity (Wildman–Crippen MR) is 96.1 cm³/mol. The average molecular weight is 357 g/mol. The van der Waals surface area contributed by atoms with E-state index in [9.17, 15) is 9.59 Å². The minimum Gasteiger partial charge on any atom is -0.497 e. The highest BCUT2D eigenvalue weighted by atomic mass is 16.5. The van der Waals surface area contributed by atoms with Crippen molar-refractivity contribution in [1.29, 1.82) is 0 Å². The van der Waals surface area contributed by atoms with Gasteiger partial charge in [0.2, 0.25) is 11.8 Å². The number of fused-ring (bicyclic) bond motifs is 1. The maximum Gasteiger partial charge on any atom is 0.228 e. The molecule has 2 amide bonds. The highest BCUT2D eigenvalue weighted by molar-refractivity contribution is 6.01. The van der Waals surface area contributed by atoms with E-state index in [1.807, 2.05) is 18.5 Å². The molecule has 0 saturated heterocycles. The molecule has 0 bridgehead atoms. The third-order valence-corrected chi connectivity index (χ3v) is 4.42. The number of carbonyl (C=O) groups is 2. The summed E-state index contributed by atoms with van der Waals surface area (Å²) in [6.45, 7) is 4.95. The van der Waals surface area contributed by atoms with Gasteiger partial charge < -0.3 is 15.4 Å². The summed E-state index contributed by atoms with van der Waals surface area (Å²) in [6.07, 6.45) is 0.868. The monoisotopic (exact) mass is 357 g/mol. The quantitative estimate of drug-likeness (QED) is 0.764. The second kappa shape index (κ2) is 7.55. The Morgan fingerprint density at radius 1 is 1.42 bits per heavy atom. The lowest BCUT2D eigenvalue weighted by Crippen LogP contribution is -2.35. The average Bonchev–Trinajstić information content (AvgIpc) is 2.94. The minimum atomic E-state index is -0.510. The smallest absolute Gasteiger partial charge is 0.228 e. The molecule has 0 radical (unpaired) electrons. The SMILES string of the molecule is COc1ccc2c(c1)[C@@H](C(=O)NCCCn1nc(C)nc1C)CC(=O)N2. The Morgan fingerprint density at radius 2 is 2.23 bits per heavy atom. The van der Waals surface area contributed by atoms with E-state index in [-0.39, 0.29) is 18.2 Å². The van der Waals surface area contributed by atoms with Gasteiger partial charge in [0.05, 0.1) is 13.0 Å². The van der Waals surface area contributed by atoms with Crippen LogP contribution in [-0.4, -0.2) is 40.2 Å².